The van der Waals surface area contributed by atoms with E-state index in [1.807, 2.05) is 22.6 Å². The summed E-state index contributed by atoms with van der Waals surface area (Å²) in [5.41, 5.74) is -1.05. The molecule has 0 spiro atoms. The number of benzene rings is 1. The van der Waals surface area contributed by atoms with E-state index in [-0.39, 0.29) is 11.4 Å². The average Bonchev–Trinajstić information content (AvgIpc) is 2.75. The van der Waals surface area contributed by atoms with Gasteiger partial charge in [-0.2, -0.15) is 18.3 Å². The molecule has 2 N–H and O–H groups in total. The van der Waals surface area contributed by atoms with Gasteiger partial charge in [0.15, 0.2) is 0 Å². The number of anilines is 1. The summed E-state index contributed by atoms with van der Waals surface area (Å²) in [5.74, 6) is -0.668. The normalized spacial score (nSPS) is 11.4. The van der Waals surface area contributed by atoms with Gasteiger partial charge in [0.2, 0.25) is 0 Å². The zero-order valence-electron chi connectivity index (χ0n) is 9.25. The number of hydrogen-bond donors (Lipinski definition) is 2. The van der Waals surface area contributed by atoms with E-state index in [1.165, 1.54) is 24.4 Å². The smallest absolute Gasteiger partial charge is 0.320 e. The molecule has 4 nitrogen and oxygen atoms in total. The molecule has 1 aromatic carbocycles. The summed E-state index contributed by atoms with van der Waals surface area (Å²) in [6, 6.07) is 4.79. The van der Waals surface area contributed by atoms with Crippen molar-refractivity contribution in [1.82, 2.24) is 10.2 Å². The molecule has 0 aliphatic rings. The Morgan fingerprint density at radius 3 is 2.58 bits per heavy atom. The summed E-state index contributed by atoms with van der Waals surface area (Å²) >= 11 is 1.86. The first-order valence-electron chi connectivity index (χ1n) is 5.06. The minimum absolute atomic E-state index is 0.123. The highest BCUT2D eigenvalue weighted by Gasteiger charge is 2.33. The molecular formula is C11H7F3IN3O. The molecule has 0 saturated carbocycles. The highest BCUT2D eigenvalue weighted by atomic mass is 127. The summed E-state index contributed by atoms with van der Waals surface area (Å²) in [6.07, 6.45) is -3.11. The Morgan fingerprint density at radius 2 is 2.00 bits per heavy atom. The summed E-state index contributed by atoms with van der Waals surface area (Å²) in [6.45, 7) is 0. The Labute approximate surface area is 119 Å². The Morgan fingerprint density at radius 1 is 1.32 bits per heavy atom. The zero-order chi connectivity index (χ0) is 14.0. The lowest BCUT2D eigenvalue weighted by molar-refractivity contribution is -0.136. The third-order valence-corrected chi connectivity index (χ3v) is 3.12. The van der Waals surface area contributed by atoms with Gasteiger partial charge in [-0.15, -0.1) is 0 Å². The molecule has 0 saturated heterocycles. The fourth-order valence-corrected chi connectivity index (χ4v) is 1.96. The van der Waals surface area contributed by atoms with E-state index in [2.05, 4.69) is 15.5 Å². The standard InChI is InChI=1S/C11H7F3IN3O/c12-11(13,14)6-3-1-2-4-8(6)17-10(19)9-7(15)5-16-18-9/h1-5H,(H,16,18)(H,17,19). The van der Waals surface area contributed by atoms with Gasteiger partial charge in [-0.3, -0.25) is 9.89 Å². The quantitative estimate of drug-likeness (QED) is 0.785. The van der Waals surface area contributed by atoms with Crippen LogP contribution in [0.3, 0.4) is 0 Å². The van der Waals surface area contributed by atoms with Crippen molar-refractivity contribution in [2.24, 2.45) is 0 Å². The van der Waals surface area contributed by atoms with Crippen LogP contribution in [-0.2, 0) is 6.18 Å². The van der Waals surface area contributed by atoms with Crippen molar-refractivity contribution >= 4 is 34.2 Å². The minimum Gasteiger partial charge on any atom is -0.320 e. The molecule has 0 atom stereocenters. The number of halogens is 4. The zero-order valence-corrected chi connectivity index (χ0v) is 11.4. The molecule has 0 unspecified atom stereocenters. The second-order valence-electron chi connectivity index (χ2n) is 3.59. The number of aromatic nitrogens is 2. The maximum Gasteiger partial charge on any atom is 0.418 e. The van der Waals surface area contributed by atoms with E-state index in [9.17, 15) is 18.0 Å². The number of para-hydroxylation sites is 1. The minimum atomic E-state index is -4.52. The highest BCUT2D eigenvalue weighted by Crippen LogP contribution is 2.34. The van der Waals surface area contributed by atoms with E-state index < -0.39 is 17.6 Å². The topological polar surface area (TPSA) is 57.8 Å². The lowest BCUT2D eigenvalue weighted by atomic mass is 10.1. The molecule has 0 bridgehead atoms. The third-order valence-electron chi connectivity index (χ3n) is 2.30. The molecule has 2 rings (SSSR count). The van der Waals surface area contributed by atoms with E-state index >= 15 is 0 Å². The Balaban J connectivity index is 2.30. The van der Waals surface area contributed by atoms with E-state index in [4.69, 9.17) is 0 Å². The number of H-pyrrole nitrogens is 1. The molecule has 0 aliphatic carbocycles. The van der Waals surface area contributed by atoms with Crippen molar-refractivity contribution in [3.63, 3.8) is 0 Å². The van der Waals surface area contributed by atoms with Crippen LogP contribution in [0.4, 0.5) is 18.9 Å². The first-order chi connectivity index (χ1) is 8.89. The summed E-state index contributed by atoms with van der Waals surface area (Å²) in [7, 11) is 0. The Kier molecular flexibility index (Phi) is 3.78. The maximum absolute atomic E-state index is 12.7. The van der Waals surface area contributed by atoms with Crippen LogP contribution in [0.1, 0.15) is 16.1 Å². The Bertz CT molecular complexity index is 609. The number of nitrogens with zero attached hydrogens (tertiary/aromatic N) is 1. The van der Waals surface area contributed by atoms with Crippen molar-refractivity contribution in [3.05, 3.63) is 45.3 Å². The SMILES string of the molecule is O=C(Nc1ccccc1C(F)(F)F)c1[nH]ncc1I. The number of hydrogen-bond acceptors (Lipinski definition) is 2. The first kappa shape index (κ1) is 13.8. The van der Waals surface area contributed by atoms with Crippen LogP contribution < -0.4 is 5.32 Å². The number of nitrogens with one attached hydrogen (secondary N) is 2. The highest BCUT2D eigenvalue weighted by molar-refractivity contribution is 14.1. The van der Waals surface area contributed by atoms with Gasteiger partial charge in [-0.25, -0.2) is 0 Å². The fraction of sp³-hybridized carbons (Fsp3) is 0.0909. The molecule has 0 fully saturated rings. The second-order valence-corrected chi connectivity index (χ2v) is 4.75. The lowest BCUT2D eigenvalue weighted by Crippen LogP contribution is -2.17. The second kappa shape index (κ2) is 5.19. The molecule has 100 valence electrons. The molecule has 8 heteroatoms. The van der Waals surface area contributed by atoms with Crippen LogP contribution in [0, 0.1) is 3.57 Å². The number of carbonyl (C=O) groups is 1. The number of aromatic amines is 1. The summed E-state index contributed by atoms with van der Waals surface area (Å²) < 4.78 is 38.8. The predicted octanol–water partition coefficient (Wildman–Crippen LogP) is 3.29. The maximum atomic E-state index is 12.7. The number of amides is 1. The Hall–Kier alpha value is -1.58. The number of carbonyl (C=O) groups excluding carboxylic acids is 1. The number of rotatable bonds is 2. The van der Waals surface area contributed by atoms with Gasteiger partial charge in [0.1, 0.15) is 5.69 Å². The predicted molar refractivity (Wildman–Crippen MR) is 70.7 cm³/mol. The molecule has 0 radical (unpaired) electrons. The van der Waals surface area contributed by atoms with Gasteiger partial charge < -0.3 is 5.32 Å². The molecule has 1 amide bonds. The van der Waals surface area contributed by atoms with Gasteiger partial charge in [-0.1, -0.05) is 12.1 Å². The molecule has 19 heavy (non-hydrogen) atoms. The van der Waals surface area contributed by atoms with Crippen LogP contribution >= 0.6 is 22.6 Å². The largest absolute Gasteiger partial charge is 0.418 e. The lowest BCUT2D eigenvalue weighted by Gasteiger charge is -2.13. The van der Waals surface area contributed by atoms with E-state index in [1.54, 1.807) is 0 Å². The fourth-order valence-electron chi connectivity index (χ4n) is 1.45. The van der Waals surface area contributed by atoms with Crippen LogP contribution in [0.2, 0.25) is 0 Å². The van der Waals surface area contributed by atoms with E-state index in [0.717, 1.165) is 6.07 Å². The molecule has 1 heterocycles. The van der Waals surface area contributed by atoms with Gasteiger partial charge in [-0.05, 0) is 34.7 Å². The van der Waals surface area contributed by atoms with Crippen LogP contribution in [0.5, 0.6) is 0 Å². The number of alkyl halides is 3. The van der Waals surface area contributed by atoms with E-state index in [0.29, 0.717) is 3.57 Å². The van der Waals surface area contributed by atoms with Crippen LogP contribution in [0.15, 0.2) is 30.5 Å². The first-order valence-corrected chi connectivity index (χ1v) is 6.14. The summed E-state index contributed by atoms with van der Waals surface area (Å²) in [5, 5.41) is 8.30. The van der Waals surface area contributed by atoms with Gasteiger partial charge in [0, 0.05) is 0 Å². The molecule has 0 aliphatic heterocycles. The van der Waals surface area contributed by atoms with Crippen LogP contribution in [-0.4, -0.2) is 16.1 Å². The monoisotopic (exact) mass is 381 g/mol. The summed E-state index contributed by atoms with van der Waals surface area (Å²) in [4.78, 5) is 11.8. The van der Waals surface area contributed by atoms with Crippen molar-refractivity contribution in [2.45, 2.75) is 6.18 Å². The van der Waals surface area contributed by atoms with Crippen molar-refractivity contribution in [1.29, 1.82) is 0 Å². The molecule has 1 aromatic heterocycles. The van der Waals surface area contributed by atoms with Gasteiger partial charge >= 0.3 is 6.18 Å². The van der Waals surface area contributed by atoms with Crippen molar-refractivity contribution in [3.8, 4) is 0 Å². The molecular weight excluding hydrogens is 374 g/mol. The van der Waals surface area contributed by atoms with Crippen LogP contribution in [0.25, 0.3) is 0 Å². The molecule has 2 aromatic rings. The third kappa shape index (κ3) is 3.06. The van der Waals surface area contributed by atoms with Gasteiger partial charge in [0.25, 0.3) is 5.91 Å². The van der Waals surface area contributed by atoms with Crippen molar-refractivity contribution in [2.75, 3.05) is 5.32 Å². The van der Waals surface area contributed by atoms with Gasteiger partial charge in [0.05, 0.1) is 21.0 Å². The average molecular weight is 381 g/mol. The van der Waals surface area contributed by atoms with Crippen molar-refractivity contribution < 1.29 is 18.0 Å².